The smallest absolute Gasteiger partial charge is 0.485 e. The predicted octanol–water partition coefficient (Wildman–Crippen LogP) is -1.04. The van der Waals surface area contributed by atoms with Crippen LogP contribution < -0.4 is 22.6 Å². The molecule has 3 nitrogen and oxygen atoms in total. The fraction of sp³-hybridized carbons (Fsp3) is 0.143. The summed E-state index contributed by atoms with van der Waals surface area (Å²) >= 11 is 5.36. The summed E-state index contributed by atoms with van der Waals surface area (Å²) in [4.78, 5) is 0. The number of hydrogen-bond acceptors (Lipinski definition) is 3. The third-order valence-electron chi connectivity index (χ3n) is 1.10. The third kappa shape index (κ3) is 6.66. The van der Waals surface area contributed by atoms with Gasteiger partial charge in [0.05, 0.1) is 0 Å². The maximum absolute atomic E-state index is 10.7. The Balaban J connectivity index is 0.000000281. The maximum Gasteiger partial charge on any atom is 0.485 e. The maximum atomic E-state index is 10.7. The van der Waals surface area contributed by atoms with Gasteiger partial charge in [0.2, 0.25) is 0 Å². The van der Waals surface area contributed by atoms with Crippen LogP contribution in [-0.2, 0) is 10.1 Å². The molecule has 0 N–H and O–H groups in total. The van der Waals surface area contributed by atoms with Gasteiger partial charge >= 0.3 is 5.51 Å². The Morgan fingerprint density at radius 3 is 1.69 bits per heavy atom. The fourth-order valence-electron chi connectivity index (χ4n) is 0.435. The van der Waals surface area contributed by atoms with Crippen molar-refractivity contribution in [1.29, 1.82) is 0 Å². The first-order chi connectivity index (χ1) is 7.04. The molecule has 1 aromatic carbocycles. The molecule has 0 saturated heterocycles. The number of alkyl halides is 3. The molecule has 0 aliphatic carbocycles. The minimum absolute atomic E-state index is 1.14. The highest BCUT2D eigenvalue weighted by Gasteiger charge is 2.36. The predicted molar refractivity (Wildman–Crippen MR) is 50.0 cm³/mol. The first-order valence-electron chi connectivity index (χ1n) is 3.49. The first-order valence-corrected chi connectivity index (χ1v) is 6.85. The lowest BCUT2D eigenvalue weighted by atomic mass is 10.4. The fourth-order valence-corrected chi connectivity index (χ4v) is 1.09. The quantitative estimate of drug-likeness (QED) is 0.299. The van der Waals surface area contributed by atoms with Gasteiger partial charge in [-0.25, -0.2) is 8.42 Å². The second-order valence-electron chi connectivity index (χ2n) is 2.35. The lowest BCUT2D eigenvalue weighted by Gasteiger charge is -2.08. The van der Waals surface area contributed by atoms with Gasteiger partial charge in [-0.2, -0.15) is 13.2 Å². The van der Waals surface area contributed by atoms with Gasteiger partial charge in [-0.15, -0.1) is 0 Å². The summed E-state index contributed by atoms with van der Waals surface area (Å²) in [5.41, 5.74) is -5.65. The van der Waals surface area contributed by atoms with E-state index in [2.05, 4.69) is 28.1 Å². The van der Waals surface area contributed by atoms with E-state index in [-0.39, 0.29) is 0 Å². The zero-order valence-electron chi connectivity index (χ0n) is 7.36. The lowest BCUT2D eigenvalue weighted by Crippen LogP contribution is -3.34. The molecular formula is C7H5BrF3IO3S. The minimum atomic E-state index is -6.09. The summed E-state index contributed by atoms with van der Waals surface area (Å²) < 4.78 is 61.4. The van der Waals surface area contributed by atoms with Crippen LogP contribution in [0.5, 0.6) is 0 Å². The van der Waals surface area contributed by atoms with E-state index in [1.807, 2.05) is 34.7 Å². The Labute approximate surface area is 112 Å². The summed E-state index contributed by atoms with van der Waals surface area (Å²) in [5.74, 6) is 0. The van der Waals surface area contributed by atoms with Crippen molar-refractivity contribution in [3.63, 3.8) is 0 Å². The van der Waals surface area contributed by atoms with Crippen molar-refractivity contribution in [1.82, 2.24) is 0 Å². The molecule has 0 spiro atoms. The Morgan fingerprint density at radius 2 is 1.50 bits per heavy atom. The second kappa shape index (κ2) is 6.17. The average Bonchev–Trinajstić information content (AvgIpc) is 2.08. The van der Waals surface area contributed by atoms with Crippen LogP contribution in [0.1, 0.15) is 0 Å². The van der Waals surface area contributed by atoms with Gasteiger partial charge in [-0.3, -0.25) is 0 Å². The summed E-state index contributed by atoms with van der Waals surface area (Å²) in [6, 6.07) is 8.23. The van der Waals surface area contributed by atoms with Crippen molar-refractivity contribution in [2.45, 2.75) is 5.51 Å². The van der Waals surface area contributed by atoms with Gasteiger partial charge in [0.1, 0.15) is 0 Å². The molecule has 0 heterocycles. The van der Waals surface area contributed by atoms with Gasteiger partial charge < -0.3 is 4.55 Å². The van der Waals surface area contributed by atoms with E-state index in [1.165, 1.54) is 3.57 Å². The van der Waals surface area contributed by atoms with Crippen molar-refractivity contribution >= 4 is 26.0 Å². The topological polar surface area (TPSA) is 57.2 Å². The summed E-state index contributed by atoms with van der Waals surface area (Å²) in [6.07, 6.45) is 0. The van der Waals surface area contributed by atoms with Gasteiger partial charge in [0, 0.05) is 4.47 Å². The van der Waals surface area contributed by atoms with Crippen molar-refractivity contribution in [2.24, 2.45) is 0 Å². The van der Waals surface area contributed by atoms with E-state index in [4.69, 9.17) is 13.0 Å². The molecule has 0 aliphatic heterocycles. The number of halogens is 5. The number of hydrogen-bond donors (Lipinski definition) is 0. The molecule has 0 atom stereocenters. The van der Waals surface area contributed by atoms with Crippen LogP contribution in [0.3, 0.4) is 0 Å². The highest BCUT2D eigenvalue weighted by Crippen LogP contribution is 2.20. The molecule has 16 heavy (non-hydrogen) atoms. The molecule has 0 amide bonds. The summed E-state index contributed by atoms with van der Waals surface area (Å²) in [6.45, 7) is 0. The van der Waals surface area contributed by atoms with E-state index < -0.39 is 15.6 Å². The zero-order chi connectivity index (χ0) is 13.0. The summed E-state index contributed by atoms with van der Waals surface area (Å²) in [5, 5.41) is 0. The van der Waals surface area contributed by atoms with Crippen LogP contribution >= 0.6 is 15.9 Å². The molecule has 0 bridgehead atoms. The lowest BCUT2D eigenvalue weighted by molar-refractivity contribution is -0.328. The van der Waals surface area contributed by atoms with Crippen LogP contribution in [0, 0.1) is 3.57 Å². The molecule has 0 aliphatic rings. The monoisotopic (exact) mass is 432 g/mol. The van der Waals surface area contributed by atoms with Crippen LogP contribution in [0.4, 0.5) is 13.2 Å². The molecule has 9 heteroatoms. The summed E-state index contributed by atoms with van der Waals surface area (Å²) in [7, 11) is -6.09. The SMILES string of the molecule is Brc1ccc([IH+])cc1.O=S(=O)([O-])C(F)(F)F. The molecule has 0 aromatic heterocycles. The Bertz CT molecular complexity index is 408. The van der Waals surface area contributed by atoms with Crippen LogP contribution in [0.2, 0.25) is 0 Å². The molecule has 1 aromatic rings. The average molecular weight is 433 g/mol. The molecule has 0 fully saturated rings. The van der Waals surface area contributed by atoms with Gasteiger partial charge in [-0.1, -0.05) is 15.9 Å². The zero-order valence-corrected chi connectivity index (χ0v) is 12.1. The van der Waals surface area contributed by atoms with E-state index >= 15 is 0 Å². The minimum Gasteiger partial charge on any atom is -0.741 e. The van der Waals surface area contributed by atoms with E-state index in [0.29, 0.717) is 0 Å². The van der Waals surface area contributed by atoms with Gasteiger partial charge in [-0.05, 0) is 24.3 Å². The van der Waals surface area contributed by atoms with E-state index in [1.54, 1.807) is 0 Å². The van der Waals surface area contributed by atoms with Gasteiger partial charge in [0.25, 0.3) is 22.6 Å². The molecule has 0 saturated carbocycles. The number of rotatable bonds is 0. The van der Waals surface area contributed by atoms with E-state index in [0.717, 1.165) is 4.47 Å². The molecule has 0 radical (unpaired) electrons. The van der Waals surface area contributed by atoms with Crippen LogP contribution in [-0.4, -0.2) is 18.5 Å². The van der Waals surface area contributed by atoms with E-state index in [9.17, 15) is 13.2 Å². The first kappa shape index (κ1) is 16.1. The molecule has 1 rings (SSSR count). The standard InChI is InChI=1S/C6H5BrI.CHF3O3S/c7-5-1-3-6(8)4-2-5;2-1(3,4)8(5,6)7/h1-4,8H;(H,5,6,7)/q+1;/p-1. The Hall–Kier alpha value is 0.130. The normalized spacial score (nSPS) is 11.6. The third-order valence-corrected chi connectivity index (χ3v) is 2.97. The van der Waals surface area contributed by atoms with Crippen molar-refractivity contribution in [3.05, 3.63) is 32.3 Å². The van der Waals surface area contributed by atoms with Gasteiger partial charge in [0.15, 0.2) is 13.7 Å². The highest BCUT2D eigenvalue weighted by atomic mass is 127. The molecular weight excluding hydrogens is 428 g/mol. The Kier molecular flexibility index (Phi) is 6.22. The van der Waals surface area contributed by atoms with Crippen LogP contribution in [0.25, 0.3) is 0 Å². The second-order valence-corrected chi connectivity index (χ2v) is 5.99. The highest BCUT2D eigenvalue weighted by molar-refractivity contribution is 9.10. The largest absolute Gasteiger partial charge is 0.741 e. The van der Waals surface area contributed by atoms with Crippen molar-refractivity contribution in [2.75, 3.05) is 0 Å². The number of benzene rings is 1. The van der Waals surface area contributed by atoms with Crippen molar-refractivity contribution in [3.8, 4) is 0 Å². The molecule has 0 unspecified atom stereocenters. The Morgan fingerprint density at radius 1 is 1.19 bits per heavy atom. The molecule has 92 valence electrons. The van der Waals surface area contributed by atoms with Crippen LogP contribution in [0.15, 0.2) is 28.7 Å². The van der Waals surface area contributed by atoms with Crippen molar-refractivity contribution < 1.29 is 48.7 Å².